The van der Waals surface area contributed by atoms with Crippen molar-refractivity contribution in [2.45, 2.75) is 31.7 Å². The number of carbonyl (C=O) groups excluding carboxylic acids is 2. The molecule has 0 aromatic heterocycles. The van der Waals surface area contributed by atoms with Crippen LogP contribution in [0.25, 0.3) is 0 Å². The third-order valence-electron chi connectivity index (χ3n) is 5.00. The van der Waals surface area contributed by atoms with Crippen LogP contribution in [0.3, 0.4) is 0 Å². The number of ketones is 1. The molecule has 1 aliphatic heterocycles. The van der Waals surface area contributed by atoms with E-state index < -0.39 is 0 Å². The topological polar surface area (TPSA) is 72.6 Å². The molecule has 1 saturated heterocycles. The molecule has 1 aliphatic rings. The van der Waals surface area contributed by atoms with Crippen molar-refractivity contribution in [1.29, 1.82) is 0 Å². The van der Waals surface area contributed by atoms with Crippen LogP contribution >= 0.6 is 0 Å². The summed E-state index contributed by atoms with van der Waals surface area (Å²) in [5.74, 6) is 0.845. The number of benzene rings is 2. The molecule has 0 aliphatic carbocycles. The molecule has 0 spiro atoms. The number of amides is 1. The van der Waals surface area contributed by atoms with Gasteiger partial charge in [-0.2, -0.15) is 0 Å². The summed E-state index contributed by atoms with van der Waals surface area (Å²) >= 11 is 0. The van der Waals surface area contributed by atoms with Crippen molar-refractivity contribution >= 4 is 11.7 Å². The zero-order valence-electron chi connectivity index (χ0n) is 15.6. The van der Waals surface area contributed by atoms with Gasteiger partial charge in [-0.3, -0.25) is 9.59 Å². The van der Waals surface area contributed by atoms with Gasteiger partial charge < -0.3 is 15.4 Å². The summed E-state index contributed by atoms with van der Waals surface area (Å²) < 4.78 is 5.38. The van der Waals surface area contributed by atoms with Crippen LogP contribution in [0.15, 0.2) is 54.6 Å². The van der Waals surface area contributed by atoms with Gasteiger partial charge in [-0.15, -0.1) is 0 Å². The Kier molecular flexibility index (Phi) is 6.24. The number of carbonyl (C=O) groups is 2. The predicted octanol–water partition coefficient (Wildman–Crippen LogP) is 3.00. The summed E-state index contributed by atoms with van der Waals surface area (Å²) in [5.41, 5.74) is 8.01. The fourth-order valence-electron chi connectivity index (χ4n) is 3.51. The number of likely N-dealkylation sites (tertiary alicyclic amines) is 1. The average molecular weight is 366 g/mol. The van der Waals surface area contributed by atoms with Crippen LogP contribution in [-0.2, 0) is 4.79 Å². The van der Waals surface area contributed by atoms with Crippen LogP contribution in [-0.4, -0.2) is 42.3 Å². The van der Waals surface area contributed by atoms with Crippen LogP contribution < -0.4 is 10.5 Å². The molecule has 27 heavy (non-hydrogen) atoms. The maximum Gasteiger partial charge on any atom is 0.223 e. The molecular weight excluding hydrogens is 340 g/mol. The lowest BCUT2D eigenvalue weighted by Crippen LogP contribution is -2.32. The van der Waals surface area contributed by atoms with E-state index in [0.29, 0.717) is 25.3 Å². The van der Waals surface area contributed by atoms with Gasteiger partial charge in [0, 0.05) is 43.5 Å². The Labute approximate surface area is 160 Å². The lowest BCUT2D eigenvalue weighted by atomic mass is 9.95. The number of rotatable bonds is 7. The lowest BCUT2D eigenvalue weighted by molar-refractivity contribution is -0.130. The van der Waals surface area contributed by atoms with E-state index in [1.165, 1.54) is 0 Å². The Morgan fingerprint density at radius 1 is 1.04 bits per heavy atom. The molecule has 3 rings (SSSR count). The Morgan fingerprint density at radius 3 is 2.41 bits per heavy atom. The molecule has 0 unspecified atom stereocenters. The van der Waals surface area contributed by atoms with E-state index in [0.717, 1.165) is 11.3 Å². The fourth-order valence-corrected chi connectivity index (χ4v) is 3.51. The first-order valence-corrected chi connectivity index (χ1v) is 9.43. The number of hydrogen-bond donors (Lipinski definition) is 1. The first-order valence-electron chi connectivity index (χ1n) is 9.43. The second kappa shape index (κ2) is 8.82. The largest absolute Gasteiger partial charge is 0.494 e. The summed E-state index contributed by atoms with van der Waals surface area (Å²) in [6.07, 6.45) is 0.412. The highest BCUT2D eigenvalue weighted by Crippen LogP contribution is 2.27. The van der Waals surface area contributed by atoms with Crippen LogP contribution in [0.2, 0.25) is 0 Å². The van der Waals surface area contributed by atoms with Crippen molar-refractivity contribution in [3.8, 4) is 5.75 Å². The SMILES string of the molecule is CCOc1ccc(C(=O)CCC(=O)N2C[C@@H](N)[C@H](c3ccccc3)C2)cc1. The Bertz CT molecular complexity index is 774. The summed E-state index contributed by atoms with van der Waals surface area (Å²) in [6, 6.07) is 17.0. The van der Waals surface area contributed by atoms with E-state index in [-0.39, 0.29) is 36.5 Å². The normalized spacial score (nSPS) is 19.1. The zero-order valence-corrected chi connectivity index (χ0v) is 15.6. The van der Waals surface area contributed by atoms with E-state index in [4.69, 9.17) is 10.5 Å². The van der Waals surface area contributed by atoms with Gasteiger partial charge in [0.25, 0.3) is 0 Å². The second-order valence-electron chi connectivity index (χ2n) is 6.86. The van der Waals surface area contributed by atoms with Gasteiger partial charge in [0.1, 0.15) is 5.75 Å². The van der Waals surface area contributed by atoms with E-state index in [9.17, 15) is 9.59 Å². The van der Waals surface area contributed by atoms with Crippen molar-refractivity contribution in [2.75, 3.05) is 19.7 Å². The molecule has 2 aromatic rings. The molecule has 5 heteroatoms. The maximum absolute atomic E-state index is 12.5. The van der Waals surface area contributed by atoms with Crippen molar-refractivity contribution in [2.24, 2.45) is 5.73 Å². The van der Waals surface area contributed by atoms with Crippen LogP contribution in [0.1, 0.15) is 41.6 Å². The molecule has 1 fully saturated rings. The first kappa shape index (κ1) is 19.1. The molecule has 0 radical (unpaired) electrons. The minimum Gasteiger partial charge on any atom is -0.494 e. The smallest absolute Gasteiger partial charge is 0.223 e. The van der Waals surface area contributed by atoms with Crippen LogP contribution in [0.4, 0.5) is 0 Å². The molecule has 5 nitrogen and oxygen atoms in total. The first-order chi connectivity index (χ1) is 13.1. The minimum absolute atomic E-state index is 0.0110. The number of ether oxygens (including phenoxy) is 1. The highest BCUT2D eigenvalue weighted by molar-refractivity contribution is 5.98. The molecule has 0 bridgehead atoms. The van der Waals surface area contributed by atoms with Crippen LogP contribution in [0.5, 0.6) is 5.75 Å². The minimum atomic E-state index is -0.0711. The molecule has 2 N–H and O–H groups in total. The third-order valence-corrected chi connectivity index (χ3v) is 5.00. The molecule has 1 heterocycles. The second-order valence-corrected chi connectivity index (χ2v) is 6.86. The highest BCUT2D eigenvalue weighted by atomic mass is 16.5. The van der Waals surface area contributed by atoms with Crippen molar-refractivity contribution in [3.63, 3.8) is 0 Å². The van der Waals surface area contributed by atoms with Gasteiger partial charge in [0.15, 0.2) is 5.78 Å². The summed E-state index contributed by atoms with van der Waals surface area (Å²) in [6.45, 7) is 3.65. The molecular formula is C22H26N2O3. The van der Waals surface area contributed by atoms with E-state index in [1.54, 1.807) is 29.2 Å². The number of hydrogen-bond acceptors (Lipinski definition) is 4. The summed E-state index contributed by atoms with van der Waals surface area (Å²) in [5, 5.41) is 0. The van der Waals surface area contributed by atoms with Gasteiger partial charge in [-0.25, -0.2) is 0 Å². The van der Waals surface area contributed by atoms with E-state index >= 15 is 0 Å². The summed E-state index contributed by atoms with van der Waals surface area (Å²) in [7, 11) is 0. The zero-order chi connectivity index (χ0) is 19.2. The van der Waals surface area contributed by atoms with Gasteiger partial charge in [0.2, 0.25) is 5.91 Å². The molecule has 2 aromatic carbocycles. The number of nitrogens with two attached hydrogens (primary N) is 1. The lowest BCUT2D eigenvalue weighted by Gasteiger charge is -2.16. The molecule has 2 atom stereocenters. The Balaban J connectivity index is 1.52. The standard InChI is InChI=1S/C22H26N2O3/c1-2-27-18-10-8-17(9-11-18)21(25)12-13-22(26)24-14-19(20(23)15-24)16-6-4-3-5-7-16/h3-11,19-20H,2,12-15,23H2,1H3/t19-,20+/m0/s1. The number of Topliss-reactive ketones (excluding diaryl/α,β-unsaturated/α-hetero) is 1. The Morgan fingerprint density at radius 2 is 1.74 bits per heavy atom. The van der Waals surface area contributed by atoms with Gasteiger partial charge in [-0.05, 0) is 36.8 Å². The van der Waals surface area contributed by atoms with E-state index in [2.05, 4.69) is 0 Å². The monoisotopic (exact) mass is 366 g/mol. The third kappa shape index (κ3) is 4.74. The molecule has 142 valence electrons. The van der Waals surface area contributed by atoms with Crippen molar-refractivity contribution < 1.29 is 14.3 Å². The van der Waals surface area contributed by atoms with E-state index in [1.807, 2.05) is 37.3 Å². The fraction of sp³-hybridized carbons (Fsp3) is 0.364. The molecule has 0 saturated carbocycles. The van der Waals surface area contributed by atoms with Crippen molar-refractivity contribution in [1.82, 2.24) is 4.90 Å². The quantitative estimate of drug-likeness (QED) is 0.765. The average Bonchev–Trinajstić information content (AvgIpc) is 3.09. The predicted molar refractivity (Wildman–Crippen MR) is 105 cm³/mol. The summed E-state index contributed by atoms with van der Waals surface area (Å²) in [4.78, 5) is 26.7. The van der Waals surface area contributed by atoms with Gasteiger partial charge >= 0.3 is 0 Å². The molecule has 1 amide bonds. The number of nitrogens with zero attached hydrogens (tertiary/aromatic N) is 1. The van der Waals surface area contributed by atoms with Crippen molar-refractivity contribution in [3.05, 3.63) is 65.7 Å². The van der Waals surface area contributed by atoms with Crippen LogP contribution in [0, 0.1) is 0 Å². The highest BCUT2D eigenvalue weighted by Gasteiger charge is 2.33. The van der Waals surface area contributed by atoms with Gasteiger partial charge in [-0.1, -0.05) is 30.3 Å². The van der Waals surface area contributed by atoms with Gasteiger partial charge in [0.05, 0.1) is 6.61 Å². The Hall–Kier alpha value is -2.66. The maximum atomic E-state index is 12.5.